The molecule has 6 nitrogen and oxygen atoms in total. The number of hydrogen-bond donors (Lipinski definition) is 2. The molecule has 0 unspecified atom stereocenters. The zero-order valence-electron chi connectivity index (χ0n) is 16.9. The summed E-state index contributed by atoms with van der Waals surface area (Å²) in [6.45, 7) is 5.92. The minimum Gasteiger partial charge on any atom is -0.495 e. The van der Waals surface area contributed by atoms with Crippen LogP contribution in [-0.4, -0.2) is 23.9 Å². The average molecular weight is 389 g/mol. The second-order valence-corrected chi connectivity index (χ2v) is 6.84. The Morgan fingerprint density at radius 3 is 2.38 bits per heavy atom. The number of benzene rings is 2. The van der Waals surface area contributed by atoms with Crippen LogP contribution in [0, 0.1) is 20.8 Å². The number of aryl methyl sites for hydroxylation is 3. The summed E-state index contributed by atoms with van der Waals surface area (Å²) in [5.41, 5.74) is 4.95. The largest absolute Gasteiger partial charge is 0.495 e. The Bertz CT molecular complexity index is 1080. The molecule has 148 valence electrons. The van der Waals surface area contributed by atoms with E-state index in [9.17, 15) is 9.59 Å². The van der Waals surface area contributed by atoms with E-state index >= 15 is 0 Å². The summed E-state index contributed by atoms with van der Waals surface area (Å²) >= 11 is 0. The fraction of sp³-hybridized carbons (Fsp3) is 0.174. The number of rotatable bonds is 5. The second kappa shape index (κ2) is 8.56. The summed E-state index contributed by atoms with van der Waals surface area (Å²) in [6, 6.07) is 14.2. The van der Waals surface area contributed by atoms with Gasteiger partial charge in [0.1, 0.15) is 11.4 Å². The lowest BCUT2D eigenvalue weighted by Gasteiger charge is -2.11. The van der Waals surface area contributed by atoms with Crippen molar-refractivity contribution >= 4 is 23.2 Å². The third-order valence-corrected chi connectivity index (χ3v) is 4.62. The molecule has 6 heteroatoms. The lowest BCUT2D eigenvalue weighted by Crippen LogP contribution is -2.17. The van der Waals surface area contributed by atoms with Gasteiger partial charge in [-0.2, -0.15) is 0 Å². The number of aromatic nitrogens is 1. The van der Waals surface area contributed by atoms with Crippen molar-refractivity contribution in [3.8, 4) is 5.75 Å². The molecule has 3 aromatic rings. The average Bonchev–Trinajstić information content (AvgIpc) is 2.71. The number of nitrogens with zero attached hydrogens (tertiary/aromatic N) is 1. The molecule has 0 aliphatic rings. The van der Waals surface area contributed by atoms with Crippen molar-refractivity contribution in [3.05, 3.63) is 82.7 Å². The van der Waals surface area contributed by atoms with Gasteiger partial charge in [0.05, 0.1) is 12.8 Å². The molecular weight excluding hydrogens is 366 g/mol. The molecule has 0 aliphatic heterocycles. The van der Waals surface area contributed by atoms with Crippen molar-refractivity contribution in [2.24, 2.45) is 0 Å². The summed E-state index contributed by atoms with van der Waals surface area (Å²) in [6.07, 6.45) is 1.44. The van der Waals surface area contributed by atoms with Crippen molar-refractivity contribution < 1.29 is 14.3 Å². The Morgan fingerprint density at radius 1 is 0.862 bits per heavy atom. The number of amides is 2. The monoisotopic (exact) mass is 389 g/mol. The highest BCUT2D eigenvalue weighted by Gasteiger charge is 2.14. The van der Waals surface area contributed by atoms with E-state index in [-0.39, 0.29) is 17.5 Å². The summed E-state index contributed by atoms with van der Waals surface area (Å²) in [4.78, 5) is 29.3. The van der Waals surface area contributed by atoms with E-state index in [1.807, 2.05) is 51.1 Å². The molecule has 0 spiro atoms. The third-order valence-electron chi connectivity index (χ3n) is 4.62. The predicted octanol–water partition coefficient (Wildman–Crippen LogP) is 4.52. The molecule has 0 fully saturated rings. The Hall–Kier alpha value is -3.67. The van der Waals surface area contributed by atoms with Gasteiger partial charge in [-0.05, 0) is 73.9 Å². The van der Waals surface area contributed by atoms with Gasteiger partial charge in [-0.1, -0.05) is 12.1 Å². The summed E-state index contributed by atoms with van der Waals surface area (Å²) in [5.74, 6) is -0.168. The molecule has 0 bridgehead atoms. The lowest BCUT2D eigenvalue weighted by atomic mass is 10.1. The van der Waals surface area contributed by atoms with Gasteiger partial charge in [-0.3, -0.25) is 14.6 Å². The molecule has 0 atom stereocenters. The molecule has 1 aromatic heterocycles. The van der Waals surface area contributed by atoms with Gasteiger partial charge in [-0.15, -0.1) is 0 Å². The van der Waals surface area contributed by atoms with Crippen LogP contribution in [0.2, 0.25) is 0 Å². The van der Waals surface area contributed by atoms with E-state index in [4.69, 9.17) is 4.74 Å². The van der Waals surface area contributed by atoms with Crippen LogP contribution >= 0.6 is 0 Å². The summed E-state index contributed by atoms with van der Waals surface area (Å²) in [7, 11) is 1.54. The number of methoxy groups -OCH3 is 1. The Morgan fingerprint density at radius 2 is 1.66 bits per heavy atom. The molecule has 2 N–H and O–H groups in total. The van der Waals surface area contributed by atoms with Gasteiger partial charge in [0.25, 0.3) is 11.8 Å². The van der Waals surface area contributed by atoms with E-state index in [0.717, 1.165) is 16.7 Å². The van der Waals surface area contributed by atoms with Crippen molar-refractivity contribution in [3.63, 3.8) is 0 Å². The molecule has 1 heterocycles. The highest BCUT2D eigenvalue weighted by atomic mass is 16.5. The van der Waals surface area contributed by atoms with Gasteiger partial charge < -0.3 is 15.4 Å². The van der Waals surface area contributed by atoms with E-state index in [2.05, 4.69) is 15.6 Å². The molecule has 0 saturated heterocycles. The highest BCUT2D eigenvalue weighted by molar-refractivity contribution is 6.08. The highest BCUT2D eigenvalue weighted by Crippen LogP contribution is 2.25. The fourth-order valence-corrected chi connectivity index (χ4v) is 2.82. The van der Waals surface area contributed by atoms with Crippen molar-refractivity contribution in [2.75, 3.05) is 17.7 Å². The number of anilines is 2. The minimum atomic E-state index is -0.379. The Labute approximate surface area is 169 Å². The zero-order chi connectivity index (χ0) is 21.0. The lowest BCUT2D eigenvalue weighted by molar-refractivity contribution is 0.102. The van der Waals surface area contributed by atoms with Crippen LogP contribution < -0.4 is 15.4 Å². The van der Waals surface area contributed by atoms with E-state index in [1.165, 1.54) is 12.3 Å². The predicted molar refractivity (Wildman–Crippen MR) is 114 cm³/mol. The zero-order valence-corrected chi connectivity index (χ0v) is 16.9. The van der Waals surface area contributed by atoms with Crippen LogP contribution in [0.3, 0.4) is 0 Å². The van der Waals surface area contributed by atoms with Crippen LogP contribution in [0.1, 0.15) is 37.5 Å². The number of pyridine rings is 1. The first-order valence-electron chi connectivity index (χ1n) is 9.18. The first kappa shape index (κ1) is 20.1. The molecule has 29 heavy (non-hydrogen) atoms. The maximum atomic E-state index is 12.7. The van der Waals surface area contributed by atoms with Crippen molar-refractivity contribution in [1.82, 2.24) is 4.98 Å². The molecule has 3 rings (SSSR count). The Balaban J connectivity index is 1.78. The molecular formula is C23H23N3O3. The normalized spacial score (nSPS) is 10.3. The number of nitrogens with one attached hydrogen (secondary N) is 2. The van der Waals surface area contributed by atoms with Gasteiger partial charge in [-0.25, -0.2) is 0 Å². The SMILES string of the molecule is COc1ccc(C)cc1NC(=O)c1ccnc(C(=O)Nc2ccc(C)c(C)c2)c1. The third kappa shape index (κ3) is 4.79. The maximum Gasteiger partial charge on any atom is 0.274 e. The van der Waals surface area contributed by atoms with Crippen LogP contribution in [0.25, 0.3) is 0 Å². The van der Waals surface area contributed by atoms with Gasteiger partial charge in [0, 0.05) is 17.4 Å². The van der Waals surface area contributed by atoms with E-state index in [0.29, 0.717) is 22.7 Å². The standard InChI is InChI=1S/C23H23N3O3/c1-14-5-8-21(29-4)19(11-14)26-22(27)17-9-10-24-20(13-17)23(28)25-18-7-6-15(2)16(3)12-18/h5-13H,1-4H3,(H,25,28)(H,26,27). The molecule has 0 aliphatic carbocycles. The maximum absolute atomic E-state index is 12.7. The quantitative estimate of drug-likeness (QED) is 0.672. The van der Waals surface area contributed by atoms with Crippen LogP contribution in [0.15, 0.2) is 54.7 Å². The van der Waals surface area contributed by atoms with Crippen LogP contribution in [0.5, 0.6) is 5.75 Å². The fourth-order valence-electron chi connectivity index (χ4n) is 2.82. The summed E-state index contributed by atoms with van der Waals surface area (Å²) in [5, 5.41) is 5.64. The van der Waals surface area contributed by atoms with Crippen LogP contribution in [0.4, 0.5) is 11.4 Å². The van der Waals surface area contributed by atoms with Gasteiger partial charge in [0.2, 0.25) is 0 Å². The molecule has 0 radical (unpaired) electrons. The van der Waals surface area contributed by atoms with Gasteiger partial charge in [0.15, 0.2) is 0 Å². The molecule has 0 saturated carbocycles. The van der Waals surface area contributed by atoms with E-state index in [1.54, 1.807) is 19.2 Å². The van der Waals surface area contributed by atoms with Crippen molar-refractivity contribution in [2.45, 2.75) is 20.8 Å². The number of ether oxygens (including phenoxy) is 1. The Kier molecular flexibility index (Phi) is 5.93. The van der Waals surface area contributed by atoms with Crippen LogP contribution in [-0.2, 0) is 0 Å². The van der Waals surface area contributed by atoms with Gasteiger partial charge >= 0.3 is 0 Å². The summed E-state index contributed by atoms with van der Waals surface area (Å²) < 4.78 is 5.29. The molecule has 2 amide bonds. The second-order valence-electron chi connectivity index (χ2n) is 6.84. The van der Waals surface area contributed by atoms with E-state index < -0.39 is 0 Å². The topological polar surface area (TPSA) is 80.3 Å². The number of carbonyl (C=O) groups is 2. The molecule has 2 aromatic carbocycles. The number of carbonyl (C=O) groups excluding carboxylic acids is 2. The number of hydrogen-bond acceptors (Lipinski definition) is 4. The first-order valence-corrected chi connectivity index (χ1v) is 9.18. The minimum absolute atomic E-state index is 0.159. The first-order chi connectivity index (χ1) is 13.9. The van der Waals surface area contributed by atoms with Crippen molar-refractivity contribution in [1.29, 1.82) is 0 Å². The smallest absolute Gasteiger partial charge is 0.274 e.